The summed E-state index contributed by atoms with van der Waals surface area (Å²) in [6.07, 6.45) is 4.92. The molecule has 6 rings (SSSR count). The lowest BCUT2D eigenvalue weighted by Gasteiger charge is -2.41. The molecule has 0 radical (unpaired) electrons. The van der Waals surface area contributed by atoms with E-state index < -0.39 is 18.1 Å². The Labute approximate surface area is 199 Å². The van der Waals surface area contributed by atoms with Gasteiger partial charge in [0.05, 0.1) is 23.3 Å². The summed E-state index contributed by atoms with van der Waals surface area (Å²) in [4.78, 5) is 19.6. The van der Waals surface area contributed by atoms with Crippen molar-refractivity contribution in [2.24, 2.45) is 0 Å². The molecule has 1 saturated heterocycles. The second-order valence-corrected chi connectivity index (χ2v) is 9.36. The van der Waals surface area contributed by atoms with E-state index in [0.29, 0.717) is 22.8 Å². The van der Waals surface area contributed by atoms with Gasteiger partial charge in [0.2, 0.25) is 5.89 Å². The highest BCUT2D eigenvalue weighted by Gasteiger charge is 2.29. The number of pyridine rings is 1. The number of likely N-dealkylation sites (tertiary alicyclic amines) is 1. The Kier molecular flexibility index (Phi) is 5.68. The van der Waals surface area contributed by atoms with Gasteiger partial charge in [-0.15, -0.1) is 10.2 Å². The molecule has 1 aliphatic carbocycles. The number of aromatic nitrogens is 4. The minimum absolute atomic E-state index is 0.0312. The van der Waals surface area contributed by atoms with E-state index in [-0.39, 0.29) is 12.4 Å². The molecule has 1 aliphatic heterocycles. The fourth-order valence-corrected chi connectivity index (χ4v) is 5.08. The Morgan fingerprint density at radius 3 is 2.51 bits per heavy atom. The molecule has 0 atom stereocenters. The molecule has 10 heteroatoms. The third-order valence-corrected chi connectivity index (χ3v) is 7.30. The number of benzene rings is 1. The number of hydrogen-bond acceptors (Lipinski definition) is 7. The summed E-state index contributed by atoms with van der Waals surface area (Å²) in [5.41, 5.74) is 3.55. The molecule has 4 heterocycles. The standard InChI is InChI=1S/C25H25F2N5O3/c26-22(27)24-30-29-23(35-24)17-4-6-18(28-13-17)14-32-20-7-5-16(12-21(20)34-25(32)33)15-8-10-31(11-9-15)19-2-1-3-19/h4-7,12-13,15,19,22H,1-3,8-11,14H2. The molecule has 8 nitrogen and oxygen atoms in total. The van der Waals surface area contributed by atoms with Crippen molar-refractivity contribution in [1.82, 2.24) is 24.6 Å². The molecule has 2 aliphatic rings. The fourth-order valence-electron chi connectivity index (χ4n) is 5.08. The molecule has 3 aromatic heterocycles. The van der Waals surface area contributed by atoms with Crippen LogP contribution in [0, 0.1) is 0 Å². The Morgan fingerprint density at radius 1 is 1.03 bits per heavy atom. The van der Waals surface area contributed by atoms with Crippen LogP contribution in [0.15, 0.2) is 50.2 Å². The molecule has 2 fully saturated rings. The Balaban J connectivity index is 1.17. The summed E-state index contributed by atoms with van der Waals surface area (Å²) in [7, 11) is 0. The van der Waals surface area contributed by atoms with Gasteiger partial charge in [-0.2, -0.15) is 8.78 Å². The summed E-state index contributed by atoms with van der Waals surface area (Å²) in [5.74, 6) is -0.727. The lowest BCUT2D eigenvalue weighted by atomic mass is 9.85. The summed E-state index contributed by atoms with van der Waals surface area (Å²) < 4.78 is 37.4. The van der Waals surface area contributed by atoms with Crippen LogP contribution in [0.4, 0.5) is 8.78 Å². The highest BCUT2D eigenvalue weighted by molar-refractivity contribution is 5.74. The minimum atomic E-state index is -2.83. The van der Waals surface area contributed by atoms with Gasteiger partial charge in [0.15, 0.2) is 5.58 Å². The smallest absolute Gasteiger partial charge is 0.415 e. The quantitative estimate of drug-likeness (QED) is 0.392. The first-order valence-electron chi connectivity index (χ1n) is 12.0. The minimum Gasteiger partial charge on any atom is -0.415 e. The molecular weight excluding hydrogens is 456 g/mol. The SMILES string of the molecule is O=c1oc2cc(C3CCN(C4CCC4)CC3)ccc2n1Cc1ccc(-c2nnc(C(F)F)o2)cn1. The van der Waals surface area contributed by atoms with Crippen molar-refractivity contribution in [2.75, 3.05) is 13.1 Å². The van der Waals surface area contributed by atoms with E-state index in [2.05, 4.69) is 26.1 Å². The monoisotopic (exact) mass is 481 g/mol. The first-order chi connectivity index (χ1) is 17.0. The van der Waals surface area contributed by atoms with Crippen LogP contribution in [0.1, 0.15) is 61.6 Å². The highest BCUT2D eigenvalue weighted by atomic mass is 19.3. The summed E-state index contributed by atoms with van der Waals surface area (Å²) in [6.45, 7) is 2.48. The maximum Gasteiger partial charge on any atom is 0.420 e. The Hall–Kier alpha value is -3.40. The summed E-state index contributed by atoms with van der Waals surface area (Å²) in [5, 5.41) is 6.95. The zero-order chi connectivity index (χ0) is 23.9. The van der Waals surface area contributed by atoms with Crippen molar-refractivity contribution in [1.29, 1.82) is 0 Å². The van der Waals surface area contributed by atoms with E-state index in [1.807, 2.05) is 12.1 Å². The number of fused-ring (bicyclic) bond motifs is 1. The summed E-state index contributed by atoms with van der Waals surface area (Å²) in [6, 6.07) is 10.2. The number of rotatable bonds is 6. The molecule has 0 bridgehead atoms. The molecular formula is C25H25F2N5O3. The Morgan fingerprint density at radius 2 is 1.86 bits per heavy atom. The molecule has 182 valence electrons. The van der Waals surface area contributed by atoms with E-state index in [4.69, 9.17) is 8.83 Å². The number of halogens is 2. The van der Waals surface area contributed by atoms with Crippen LogP contribution >= 0.6 is 0 Å². The van der Waals surface area contributed by atoms with E-state index in [1.54, 1.807) is 16.7 Å². The molecule has 0 amide bonds. The maximum absolute atomic E-state index is 12.7. The zero-order valence-electron chi connectivity index (χ0n) is 19.1. The van der Waals surface area contributed by atoms with Crippen molar-refractivity contribution < 1.29 is 17.6 Å². The van der Waals surface area contributed by atoms with Crippen LogP contribution in [-0.2, 0) is 6.54 Å². The van der Waals surface area contributed by atoms with Crippen molar-refractivity contribution in [2.45, 2.75) is 57.0 Å². The first kappa shape index (κ1) is 22.1. The van der Waals surface area contributed by atoms with Crippen LogP contribution in [0.3, 0.4) is 0 Å². The third-order valence-electron chi connectivity index (χ3n) is 7.30. The Bertz CT molecular complexity index is 1380. The van der Waals surface area contributed by atoms with E-state index in [9.17, 15) is 13.6 Å². The van der Waals surface area contributed by atoms with Gasteiger partial charge in [0, 0.05) is 12.2 Å². The average molecular weight is 482 g/mol. The number of oxazole rings is 1. The van der Waals surface area contributed by atoms with Crippen LogP contribution in [0.2, 0.25) is 0 Å². The predicted octanol–water partition coefficient (Wildman–Crippen LogP) is 4.76. The van der Waals surface area contributed by atoms with Gasteiger partial charge >= 0.3 is 12.2 Å². The number of piperidine rings is 1. The van der Waals surface area contributed by atoms with Gasteiger partial charge < -0.3 is 13.7 Å². The average Bonchev–Trinajstić information content (AvgIpc) is 3.44. The van der Waals surface area contributed by atoms with Gasteiger partial charge in [0.25, 0.3) is 5.89 Å². The largest absolute Gasteiger partial charge is 0.420 e. The van der Waals surface area contributed by atoms with Gasteiger partial charge in [0.1, 0.15) is 0 Å². The lowest BCUT2D eigenvalue weighted by Crippen LogP contribution is -2.44. The van der Waals surface area contributed by atoms with Crippen LogP contribution in [0.25, 0.3) is 22.6 Å². The van der Waals surface area contributed by atoms with E-state index >= 15 is 0 Å². The highest BCUT2D eigenvalue weighted by Crippen LogP contribution is 2.34. The van der Waals surface area contributed by atoms with Crippen molar-refractivity contribution >= 4 is 11.1 Å². The molecule has 35 heavy (non-hydrogen) atoms. The van der Waals surface area contributed by atoms with Crippen LogP contribution < -0.4 is 5.76 Å². The third kappa shape index (κ3) is 4.27. The maximum atomic E-state index is 12.7. The molecule has 0 spiro atoms. The van der Waals surface area contributed by atoms with Crippen molar-refractivity contribution in [3.63, 3.8) is 0 Å². The molecule has 4 aromatic rings. The molecule has 1 aromatic carbocycles. The normalized spacial score (nSPS) is 17.9. The van der Waals surface area contributed by atoms with Gasteiger partial charge in [-0.3, -0.25) is 9.55 Å². The second kappa shape index (κ2) is 8.99. The molecule has 1 saturated carbocycles. The van der Waals surface area contributed by atoms with Crippen LogP contribution in [0.5, 0.6) is 0 Å². The van der Waals surface area contributed by atoms with Crippen molar-refractivity contribution in [3.8, 4) is 11.5 Å². The van der Waals surface area contributed by atoms with Gasteiger partial charge in [-0.05, 0) is 74.5 Å². The predicted molar refractivity (Wildman–Crippen MR) is 123 cm³/mol. The zero-order valence-corrected chi connectivity index (χ0v) is 19.1. The molecule has 0 N–H and O–H groups in total. The second-order valence-electron chi connectivity index (χ2n) is 9.36. The number of alkyl halides is 2. The van der Waals surface area contributed by atoms with Crippen molar-refractivity contribution in [3.05, 3.63) is 64.2 Å². The lowest BCUT2D eigenvalue weighted by molar-refractivity contribution is 0.0975. The summed E-state index contributed by atoms with van der Waals surface area (Å²) >= 11 is 0. The van der Waals surface area contributed by atoms with Gasteiger partial charge in [-0.1, -0.05) is 12.5 Å². The van der Waals surface area contributed by atoms with Crippen LogP contribution in [-0.4, -0.2) is 43.8 Å². The number of nitrogens with zero attached hydrogens (tertiary/aromatic N) is 5. The van der Waals surface area contributed by atoms with Gasteiger partial charge in [-0.25, -0.2) is 4.79 Å². The van der Waals surface area contributed by atoms with E-state index in [0.717, 1.165) is 37.5 Å². The topological polar surface area (TPSA) is 90.2 Å². The molecule has 0 unspecified atom stereocenters. The van der Waals surface area contributed by atoms with E-state index in [1.165, 1.54) is 31.0 Å². The fraction of sp³-hybridized carbons (Fsp3) is 0.440. The first-order valence-corrected chi connectivity index (χ1v) is 12.0. The number of hydrogen-bond donors (Lipinski definition) is 0.